The second-order valence-corrected chi connectivity index (χ2v) is 3.48. The molecule has 0 N–H and O–H groups in total. The quantitative estimate of drug-likeness (QED) is 0.575. The third-order valence-electron chi connectivity index (χ3n) is 2.01. The molecular formula is C12H10F4O. The zero-order chi connectivity index (χ0) is 13.0. The van der Waals surface area contributed by atoms with Crippen LogP contribution in [-0.4, -0.2) is 5.78 Å². The second kappa shape index (κ2) is 5.61. The van der Waals surface area contributed by atoms with E-state index < -0.39 is 24.0 Å². The van der Waals surface area contributed by atoms with Crippen LogP contribution in [0, 0.1) is 0 Å². The third kappa shape index (κ3) is 4.01. The lowest BCUT2D eigenvalue weighted by molar-refractivity contribution is -0.112. The van der Waals surface area contributed by atoms with E-state index in [4.69, 9.17) is 0 Å². The minimum atomic E-state index is -2.82. The number of hydrogen-bond acceptors (Lipinski definition) is 1. The van der Waals surface area contributed by atoms with Gasteiger partial charge in [-0.25, -0.2) is 17.6 Å². The van der Waals surface area contributed by atoms with E-state index in [-0.39, 0.29) is 11.3 Å². The maximum Gasteiger partial charge on any atom is 0.263 e. The van der Waals surface area contributed by atoms with Gasteiger partial charge >= 0.3 is 0 Å². The van der Waals surface area contributed by atoms with Crippen molar-refractivity contribution in [2.45, 2.75) is 19.8 Å². The lowest BCUT2D eigenvalue weighted by Crippen LogP contribution is -1.92. The number of allylic oxidation sites excluding steroid dienone is 1. The molecule has 1 aromatic carbocycles. The summed E-state index contributed by atoms with van der Waals surface area (Å²) in [6.45, 7) is 1.28. The van der Waals surface area contributed by atoms with Gasteiger partial charge in [-0.05, 0) is 36.8 Å². The van der Waals surface area contributed by atoms with Gasteiger partial charge in [-0.3, -0.25) is 4.79 Å². The van der Waals surface area contributed by atoms with E-state index in [9.17, 15) is 22.4 Å². The Morgan fingerprint density at radius 2 is 1.53 bits per heavy atom. The van der Waals surface area contributed by atoms with Crippen molar-refractivity contribution >= 4 is 11.9 Å². The van der Waals surface area contributed by atoms with Crippen LogP contribution in [0.2, 0.25) is 0 Å². The molecule has 0 aliphatic rings. The number of carbonyl (C=O) groups is 1. The highest BCUT2D eigenvalue weighted by molar-refractivity contribution is 5.91. The average molecular weight is 246 g/mol. The van der Waals surface area contributed by atoms with Crippen LogP contribution in [0.5, 0.6) is 0 Å². The van der Waals surface area contributed by atoms with Gasteiger partial charge in [-0.1, -0.05) is 6.08 Å². The van der Waals surface area contributed by atoms with Gasteiger partial charge in [0.25, 0.3) is 12.9 Å². The Bertz CT molecular complexity index is 412. The first-order valence-corrected chi connectivity index (χ1v) is 4.80. The van der Waals surface area contributed by atoms with Crippen LogP contribution in [0.25, 0.3) is 6.08 Å². The Hall–Kier alpha value is -1.65. The summed E-state index contributed by atoms with van der Waals surface area (Å²) in [6.07, 6.45) is -3.27. The SMILES string of the molecule is CC(=O)C=Cc1cc(C(F)F)cc(C(F)F)c1. The molecule has 1 aromatic rings. The van der Waals surface area contributed by atoms with Crippen LogP contribution >= 0.6 is 0 Å². The van der Waals surface area contributed by atoms with Crippen molar-refractivity contribution in [1.82, 2.24) is 0 Å². The van der Waals surface area contributed by atoms with Crippen molar-refractivity contribution in [1.29, 1.82) is 0 Å². The molecule has 0 amide bonds. The highest BCUT2D eigenvalue weighted by Crippen LogP contribution is 2.27. The van der Waals surface area contributed by atoms with Crippen LogP contribution in [0.15, 0.2) is 24.3 Å². The van der Waals surface area contributed by atoms with E-state index in [1.54, 1.807) is 0 Å². The molecule has 1 rings (SSSR count). The number of alkyl halides is 4. The summed E-state index contributed by atoms with van der Waals surface area (Å²) in [5.74, 6) is -0.286. The van der Waals surface area contributed by atoms with Gasteiger partial charge in [-0.2, -0.15) is 0 Å². The molecule has 0 fully saturated rings. The molecule has 0 saturated carbocycles. The van der Waals surface area contributed by atoms with Crippen LogP contribution < -0.4 is 0 Å². The maximum atomic E-state index is 12.5. The molecule has 92 valence electrons. The fraction of sp³-hybridized carbons (Fsp3) is 0.250. The number of carbonyl (C=O) groups excluding carboxylic acids is 1. The number of rotatable bonds is 4. The summed E-state index contributed by atoms with van der Waals surface area (Å²) in [7, 11) is 0. The molecule has 0 aromatic heterocycles. The van der Waals surface area contributed by atoms with Gasteiger partial charge in [-0.15, -0.1) is 0 Å². The molecule has 5 heteroatoms. The van der Waals surface area contributed by atoms with Crippen molar-refractivity contribution in [2.24, 2.45) is 0 Å². The molecule has 1 nitrogen and oxygen atoms in total. The van der Waals surface area contributed by atoms with Gasteiger partial charge in [0.05, 0.1) is 0 Å². The van der Waals surface area contributed by atoms with Crippen molar-refractivity contribution in [3.63, 3.8) is 0 Å². The molecular weight excluding hydrogens is 236 g/mol. The van der Waals surface area contributed by atoms with E-state index in [1.165, 1.54) is 13.0 Å². The molecule has 0 heterocycles. The Kier molecular flexibility index (Phi) is 4.43. The Balaban J connectivity index is 3.16. The van der Waals surface area contributed by atoms with Crippen LogP contribution in [0.3, 0.4) is 0 Å². The Morgan fingerprint density at radius 3 is 1.88 bits per heavy atom. The first-order valence-electron chi connectivity index (χ1n) is 4.80. The third-order valence-corrected chi connectivity index (χ3v) is 2.01. The maximum absolute atomic E-state index is 12.5. The summed E-state index contributed by atoms with van der Waals surface area (Å²) in [4.78, 5) is 10.7. The second-order valence-electron chi connectivity index (χ2n) is 3.48. The van der Waals surface area contributed by atoms with Gasteiger partial charge in [0, 0.05) is 11.1 Å². The molecule has 0 saturated heterocycles. The van der Waals surface area contributed by atoms with Crippen molar-refractivity contribution in [3.05, 3.63) is 41.0 Å². The first-order chi connectivity index (χ1) is 7.90. The van der Waals surface area contributed by atoms with Crippen molar-refractivity contribution < 1.29 is 22.4 Å². The molecule has 0 aliphatic carbocycles. The topological polar surface area (TPSA) is 17.1 Å². The lowest BCUT2D eigenvalue weighted by atomic mass is 10.1. The van der Waals surface area contributed by atoms with E-state index in [0.717, 1.165) is 24.3 Å². The van der Waals surface area contributed by atoms with Crippen LogP contribution in [0.4, 0.5) is 17.6 Å². The molecule has 17 heavy (non-hydrogen) atoms. The predicted molar refractivity (Wildman–Crippen MR) is 56.1 cm³/mol. The zero-order valence-corrected chi connectivity index (χ0v) is 8.96. The van der Waals surface area contributed by atoms with Gasteiger partial charge in [0.1, 0.15) is 0 Å². The molecule has 0 atom stereocenters. The minimum absolute atomic E-state index is 0.160. The molecule has 0 bridgehead atoms. The van der Waals surface area contributed by atoms with E-state index >= 15 is 0 Å². The number of halogens is 4. The number of hydrogen-bond donors (Lipinski definition) is 0. The summed E-state index contributed by atoms with van der Waals surface area (Å²) >= 11 is 0. The minimum Gasteiger partial charge on any atom is -0.295 e. The smallest absolute Gasteiger partial charge is 0.263 e. The highest BCUT2D eigenvalue weighted by atomic mass is 19.3. The number of benzene rings is 1. The Labute approximate surface area is 95.8 Å². The first kappa shape index (κ1) is 13.4. The number of ketones is 1. The van der Waals surface area contributed by atoms with Crippen LogP contribution in [-0.2, 0) is 4.79 Å². The summed E-state index contributed by atoms with van der Waals surface area (Å²) in [6, 6.07) is 2.92. The monoisotopic (exact) mass is 246 g/mol. The van der Waals surface area contributed by atoms with E-state index in [1.807, 2.05) is 0 Å². The standard InChI is InChI=1S/C12H10F4O/c1-7(17)2-3-8-4-9(11(13)14)6-10(5-8)12(15)16/h2-6,11-12H,1H3. The fourth-order valence-electron chi connectivity index (χ4n) is 1.26. The molecule has 0 unspecified atom stereocenters. The molecule has 0 spiro atoms. The van der Waals surface area contributed by atoms with Crippen molar-refractivity contribution in [3.8, 4) is 0 Å². The summed E-state index contributed by atoms with van der Waals surface area (Å²) in [5.41, 5.74) is -0.801. The van der Waals surface area contributed by atoms with Gasteiger partial charge in [0.2, 0.25) is 0 Å². The Morgan fingerprint density at radius 1 is 1.06 bits per heavy atom. The van der Waals surface area contributed by atoms with Gasteiger partial charge < -0.3 is 0 Å². The average Bonchev–Trinajstić information content (AvgIpc) is 2.25. The molecule has 0 aliphatic heterocycles. The van der Waals surface area contributed by atoms with E-state index in [0.29, 0.717) is 0 Å². The fourth-order valence-corrected chi connectivity index (χ4v) is 1.26. The molecule has 0 radical (unpaired) electrons. The lowest BCUT2D eigenvalue weighted by Gasteiger charge is -2.06. The zero-order valence-electron chi connectivity index (χ0n) is 8.96. The van der Waals surface area contributed by atoms with Crippen LogP contribution in [0.1, 0.15) is 36.5 Å². The predicted octanol–water partition coefficient (Wildman–Crippen LogP) is 4.16. The summed E-state index contributed by atoms with van der Waals surface area (Å²) < 4.78 is 49.8. The normalized spacial score (nSPS) is 11.7. The highest BCUT2D eigenvalue weighted by Gasteiger charge is 2.14. The van der Waals surface area contributed by atoms with Crippen molar-refractivity contribution in [2.75, 3.05) is 0 Å². The summed E-state index contributed by atoms with van der Waals surface area (Å²) in [5, 5.41) is 0. The largest absolute Gasteiger partial charge is 0.295 e. The van der Waals surface area contributed by atoms with E-state index in [2.05, 4.69) is 0 Å². The van der Waals surface area contributed by atoms with Gasteiger partial charge in [0.15, 0.2) is 5.78 Å².